The average molecular weight is 299 g/mol. The summed E-state index contributed by atoms with van der Waals surface area (Å²) in [6.07, 6.45) is 0.335. The number of alkyl carbamates (subject to hydrolysis) is 1. The smallest absolute Gasteiger partial charge is 0.408 e. The van der Waals surface area contributed by atoms with Crippen molar-refractivity contribution in [3.8, 4) is 0 Å². The zero-order valence-corrected chi connectivity index (χ0v) is 13.4. The number of nitrogens with one attached hydrogen (secondary N) is 1. The van der Waals surface area contributed by atoms with Gasteiger partial charge in [-0.3, -0.25) is 9.59 Å². The number of ether oxygens (including phenoxy) is 2. The number of carbonyl (C=O) groups excluding carboxylic acids is 3. The van der Waals surface area contributed by atoms with Crippen molar-refractivity contribution < 1.29 is 23.9 Å². The molecule has 0 aliphatic carbocycles. The summed E-state index contributed by atoms with van der Waals surface area (Å²) < 4.78 is 9.86. The average Bonchev–Trinajstić information content (AvgIpc) is 2.30. The van der Waals surface area contributed by atoms with Gasteiger partial charge >= 0.3 is 12.1 Å². The second-order valence-corrected chi connectivity index (χ2v) is 5.98. The molecule has 0 saturated carbocycles. The zero-order valence-electron chi connectivity index (χ0n) is 13.4. The van der Waals surface area contributed by atoms with Crippen LogP contribution in [-0.4, -0.2) is 36.1 Å². The van der Waals surface area contributed by atoms with Crippen molar-refractivity contribution in [3.63, 3.8) is 0 Å². The van der Waals surface area contributed by atoms with E-state index in [0.717, 1.165) is 0 Å². The normalized spacial score (nSPS) is 12.5. The lowest BCUT2D eigenvalue weighted by Crippen LogP contribution is -2.47. The lowest BCUT2D eigenvalue weighted by molar-refractivity contribution is -0.145. The van der Waals surface area contributed by atoms with Crippen LogP contribution in [-0.2, 0) is 19.1 Å². The van der Waals surface area contributed by atoms with Crippen LogP contribution in [0.15, 0.2) is 12.7 Å². The summed E-state index contributed by atoms with van der Waals surface area (Å²) in [5, 5.41) is 2.50. The van der Waals surface area contributed by atoms with Crippen LogP contribution in [0, 0.1) is 5.92 Å². The van der Waals surface area contributed by atoms with Crippen molar-refractivity contribution in [2.75, 3.05) is 6.61 Å². The van der Waals surface area contributed by atoms with Gasteiger partial charge in [-0.2, -0.15) is 0 Å². The Kier molecular flexibility index (Phi) is 7.70. The minimum atomic E-state index is -0.795. The number of carbonyl (C=O) groups is 3. The van der Waals surface area contributed by atoms with Gasteiger partial charge < -0.3 is 14.8 Å². The molecule has 0 aromatic heterocycles. The van der Waals surface area contributed by atoms with E-state index >= 15 is 0 Å². The molecule has 0 aromatic rings. The maximum absolute atomic E-state index is 12.1. The molecule has 0 aliphatic heterocycles. The van der Waals surface area contributed by atoms with Gasteiger partial charge in [-0.1, -0.05) is 26.5 Å². The Hall–Kier alpha value is -1.85. The SMILES string of the molecule is C=CCOC(=O)CC(=O)[C@@H](NC(=O)OC(C)(C)C)C(C)C. The third kappa shape index (κ3) is 8.83. The molecule has 1 N–H and O–H groups in total. The second-order valence-electron chi connectivity index (χ2n) is 5.98. The van der Waals surface area contributed by atoms with Crippen LogP contribution in [0.1, 0.15) is 41.0 Å². The highest BCUT2D eigenvalue weighted by molar-refractivity contribution is 5.99. The summed E-state index contributed by atoms with van der Waals surface area (Å²) in [5.74, 6) is -1.22. The van der Waals surface area contributed by atoms with Gasteiger partial charge in [0.1, 0.15) is 18.6 Å². The monoisotopic (exact) mass is 299 g/mol. The van der Waals surface area contributed by atoms with E-state index < -0.39 is 35.9 Å². The molecule has 0 heterocycles. The summed E-state index contributed by atoms with van der Waals surface area (Å²) in [7, 11) is 0. The maximum atomic E-state index is 12.1. The predicted molar refractivity (Wildman–Crippen MR) is 78.8 cm³/mol. The third-order valence-electron chi connectivity index (χ3n) is 2.37. The summed E-state index contributed by atoms with van der Waals surface area (Å²) in [6, 6.07) is -0.795. The van der Waals surface area contributed by atoms with Crippen LogP contribution in [0.4, 0.5) is 4.79 Å². The van der Waals surface area contributed by atoms with Crippen molar-refractivity contribution in [1.29, 1.82) is 0 Å². The van der Waals surface area contributed by atoms with E-state index in [9.17, 15) is 14.4 Å². The molecule has 6 heteroatoms. The number of amides is 1. The van der Waals surface area contributed by atoms with Gasteiger partial charge in [0, 0.05) is 0 Å². The number of hydrogen-bond donors (Lipinski definition) is 1. The van der Waals surface area contributed by atoms with E-state index in [0.29, 0.717) is 0 Å². The molecule has 0 spiro atoms. The Bertz CT molecular complexity index is 395. The molecule has 0 rings (SSSR count). The van der Waals surface area contributed by atoms with Crippen molar-refractivity contribution in [3.05, 3.63) is 12.7 Å². The van der Waals surface area contributed by atoms with Crippen LogP contribution >= 0.6 is 0 Å². The molecule has 0 unspecified atom stereocenters. The molecule has 0 saturated heterocycles. The first-order chi connectivity index (χ1) is 9.56. The third-order valence-corrected chi connectivity index (χ3v) is 2.37. The van der Waals surface area contributed by atoms with Gasteiger partial charge in [0.25, 0.3) is 0 Å². The number of Topliss-reactive ketones (excluding diaryl/α,β-unsaturated/α-hetero) is 1. The number of ketones is 1. The second kappa shape index (κ2) is 8.44. The van der Waals surface area contributed by atoms with Gasteiger partial charge in [-0.05, 0) is 26.7 Å². The van der Waals surface area contributed by atoms with Gasteiger partial charge in [0.2, 0.25) is 0 Å². The lowest BCUT2D eigenvalue weighted by atomic mass is 9.98. The first kappa shape index (κ1) is 19.1. The van der Waals surface area contributed by atoms with E-state index in [1.54, 1.807) is 34.6 Å². The minimum Gasteiger partial charge on any atom is -0.461 e. The molecule has 1 amide bonds. The molecule has 0 aliphatic rings. The van der Waals surface area contributed by atoms with E-state index in [4.69, 9.17) is 9.47 Å². The largest absolute Gasteiger partial charge is 0.461 e. The van der Waals surface area contributed by atoms with Crippen LogP contribution < -0.4 is 5.32 Å². The first-order valence-corrected chi connectivity index (χ1v) is 6.85. The number of esters is 1. The highest BCUT2D eigenvalue weighted by Crippen LogP contribution is 2.10. The molecular weight excluding hydrogens is 274 g/mol. The van der Waals surface area contributed by atoms with Gasteiger partial charge in [0.15, 0.2) is 5.78 Å². The van der Waals surface area contributed by atoms with Crippen LogP contribution in [0.5, 0.6) is 0 Å². The first-order valence-electron chi connectivity index (χ1n) is 6.85. The summed E-state index contributed by atoms with van der Waals surface area (Å²) in [6.45, 7) is 12.2. The standard InChI is InChI=1S/C15H25NO5/c1-7-8-20-12(18)9-11(17)13(10(2)3)16-14(19)21-15(4,5)6/h7,10,13H,1,8-9H2,2-6H3,(H,16,19)/t13-/m0/s1. The molecule has 120 valence electrons. The highest BCUT2D eigenvalue weighted by Gasteiger charge is 2.28. The maximum Gasteiger partial charge on any atom is 0.408 e. The Morgan fingerprint density at radius 2 is 1.81 bits per heavy atom. The van der Waals surface area contributed by atoms with Gasteiger partial charge in [0.05, 0.1) is 6.04 Å². The molecular formula is C15H25NO5. The molecule has 0 radical (unpaired) electrons. The van der Waals surface area contributed by atoms with Crippen molar-refractivity contribution >= 4 is 17.8 Å². The summed E-state index contributed by atoms with van der Waals surface area (Å²) >= 11 is 0. The minimum absolute atomic E-state index is 0.0535. The number of rotatable bonds is 7. The van der Waals surface area contributed by atoms with E-state index in [1.807, 2.05) is 0 Å². The van der Waals surface area contributed by atoms with Gasteiger partial charge in [-0.15, -0.1) is 0 Å². The van der Waals surface area contributed by atoms with Crippen molar-refractivity contribution in [1.82, 2.24) is 5.32 Å². The fraction of sp³-hybridized carbons (Fsp3) is 0.667. The molecule has 0 bridgehead atoms. The summed E-state index contributed by atoms with van der Waals surface area (Å²) in [4.78, 5) is 35.2. The fourth-order valence-electron chi connectivity index (χ4n) is 1.51. The fourth-order valence-corrected chi connectivity index (χ4v) is 1.51. The van der Waals surface area contributed by atoms with Crippen LogP contribution in [0.3, 0.4) is 0 Å². The molecule has 1 atom stereocenters. The molecule has 21 heavy (non-hydrogen) atoms. The Morgan fingerprint density at radius 3 is 2.24 bits per heavy atom. The Balaban J connectivity index is 4.60. The Labute approximate surface area is 125 Å². The quantitative estimate of drug-likeness (QED) is 0.443. The van der Waals surface area contributed by atoms with E-state index in [2.05, 4.69) is 11.9 Å². The van der Waals surface area contributed by atoms with Crippen LogP contribution in [0.2, 0.25) is 0 Å². The van der Waals surface area contributed by atoms with E-state index in [-0.39, 0.29) is 12.5 Å². The lowest BCUT2D eigenvalue weighted by Gasteiger charge is -2.24. The molecule has 0 fully saturated rings. The van der Waals surface area contributed by atoms with Gasteiger partial charge in [-0.25, -0.2) is 4.79 Å². The highest BCUT2D eigenvalue weighted by atomic mass is 16.6. The zero-order chi connectivity index (χ0) is 16.6. The van der Waals surface area contributed by atoms with Crippen LogP contribution in [0.25, 0.3) is 0 Å². The van der Waals surface area contributed by atoms with Crippen molar-refractivity contribution in [2.45, 2.75) is 52.7 Å². The molecule has 0 aromatic carbocycles. The predicted octanol–water partition coefficient (Wildman–Crippen LogP) is 2.22. The topological polar surface area (TPSA) is 81.7 Å². The van der Waals surface area contributed by atoms with E-state index in [1.165, 1.54) is 6.08 Å². The summed E-state index contributed by atoms with van der Waals surface area (Å²) in [5.41, 5.74) is -0.655. The Morgan fingerprint density at radius 1 is 1.24 bits per heavy atom. The van der Waals surface area contributed by atoms with Crippen molar-refractivity contribution in [2.24, 2.45) is 5.92 Å². The number of hydrogen-bond acceptors (Lipinski definition) is 5. The molecule has 6 nitrogen and oxygen atoms in total.